The van der Waals surface area contributed by atoms with Crippen molar-refractivity contribution in [2.45, 2.75) is 13.2 Å². The molecule has 5 heteroatoms. The summed E-state index contributed by atoms with van der Waals surface area (Å²) in [5.74, 6) is -0.100. The molecule has 1 aliphatic rings. The van der Waals surface area contributed by atoms with Gasteiger partial charge in [-0.1, -0.05) is 0 Å². The number of carbonyl (C=O) groups is 1. The standard InChI is InChI=1S/C12H12N2O2S/c1-2-16-11-8-5-7-17-12(8)14-6-3-4-9(14)10(15)13-11/h3-7,11H,2H2,1H3,(H,13,15). The first-order valence-corrected chi connectivity index (χ1v) is 6.37. The fourth-order valence-corrected chi connectivity index (χ4v) is 2.95. The van der Waals surface area contributed by atoms with Gasteiger partial charge in [0.25, 0.3) is 5.91 Å². The summed E-state index contributed by atoms with van der Waals surface area (Å²) in [6, 6.07) is 5.68. The van der Waals surface area contributed by atoms with E-state index in [9.17, 15) is 4.79 Å². The largest absolute Gasteiger partial charge is 0.354 e. The van der Waals surface area contributed by atoms with Crippen molar-refractivity contribution in [3.8, 4) is 5.00 Å². The summed E-state index contributed by atoms with van der Waals surface area (Å²) >= 11 is 1.61. The second kappa shape index (κ2) is 4.01. The molecular weight excluding hydrogens is 236 g/mol. The van der Waals surface area contributed by atoms with Gasteiger partial charge in [-0.15, -0.1) is 11.3 Å². The van der Waals surface area contributed by atoms with Gasteiger partial charge in [-0.25, -0.2) is 0 Å². The van der Waals surface area contributed by atoms with Gasteiger partial charge in [0.05, 0.1) is 0 Å². The van der Waals surface area contributed by atoms with E-state index in [1.807, 2.05) is 41.3 Å². The Morgan fingerprint density at radius 3 is 3.24 bits per heavy atom. The van der Waals surface area contributed by atoms with Gasteiger partial charge in [-0.3, -0.25) is 4.79 Å². The minimum absolute atomic E-state index is 0.100. The molecule has 2 aromatic rings. The van der Waals surface area contributed by atoms with Crippen LogP contribution in [0.4, 0.5) is 0 Å². The van der Waals surface area contributed by atoms with Gasteiger partial charge in [-0.05, 0) is 30.5 Å². The zero-order valence-electron chi connectivity index (χ0n) is 9.34. The molecule has 88 valence electrons. The summed E-state index contributed by atoms with van der Waals surface area (Å²) in [4.78, 5) is 12.0. The molecule has 0 saturated heterocycles. The monoisotopic (exact) mass is 248 g/mol. The molecule has 1 unspecified atom stereocenters. The number of rotatable bonds is 2. The molecule has 0 bridgehead atoms. The highest BCUT2D eigenvalue weighted by Crippen LogP contribution is 2.32. The maximum Gasteiger partial charge on any atom is 0.270 e. The van der Waals surface area contributed by atoms with Gasteiger partial charge in [0.1, 0.15) is 10.7 Å². The predicted molar refractivity (Wildman–Crippen MR) is 65.5 cm³/mol. The molecule has 3 heterocycles. The second-order valence-corrected chi connectivity index (χ2v) is 4.65. The molecule has 1 amide bonds. The number of hydrogen-bond donors (Lipinski definition) is 1. The van der Waals surface area contributed by atoms with Gasteiger partial charge < -0.3 is 14.6 Å². The average Bonchev–Trinajstić information content (AvgIpc) is 2.94. The van der Waals surface area contributed by atoms with Crippen LogP contribution in [-0.2, 0) is 4.74 Å². The van der Waals surface area contributed by atoms with Crippen LogP contribution in [0.3, 0.4) is 0 Å². The Labute approximate surface area is 103 Å². The van der Waals surface area contributed by atoms with E-state index in [4.69, 9.17) is 4.74 Å². The van der Waals surface area contributed by atoms with E-state index in [1.165, 1.54) is 0 Å². The molecule has 0 radical (unpaired) electrons. The van der Waals surface area contributed by atoms with Crippen LogP contribution in [-0.4, -0.2) is 17.1 Å². The first kappa shape index (κ1) is 10.6. The Morgan fingerprint density at radius 2 is 2.41 bits per heavy atom. The Kier molecular flexibility index (Phi) is 2.49. The van der Waals surface area contributed by atoms with Crippen molar-refractivity contribution >= 4 is 17.2 Å². The van der Waals surface area contributed by atoms with Crippen molar-refractivity contribution in [1.82, 2.24) is 9.88 Å². The van der Waals surface area contributed by atoms with Crippen LogP contribution < -0.4 is 5.32 Å². The Hall–Kier alpha value is -1.59. The van der Waals surface area contributed by atoms with Crippen LogP contribution in [0, 0.1) is 0 Å². The van der Waals surface area contributed by atoms with E-state index >= 15 is 0 Å². The third kappa shape index (κ3) is 1.59. The third-order valence-corrected chi connectivity index (χ3v) is 3.68. The lowest BCUT2D eigenvalue weighted by molar-refractivity contribution is 0.0347. The molecule has 0 aromatic carbocycles. The van der Waals surface area contributed by atoms with Crippen LogP contribution in [0.5, 0.6) is 0 Å². The van der Waals surface area contributed by atoms with Crippen LogP contribution in [0.15, 0.2) is 29.8 Å². The van der Waals surface area contributed by atoms with E-state index in [0.29, 0.717) is 12.3 Å². The normalized spacial score (nSPS) is 18.2. The number of thiophene rings is 1. The lowest BCUT2D eigenvalue weighted by atomic mass is 10.3. The van der Waals surface area contributed by atoms with Crippen molar-refractivity contribution in [3.05, 3.63) is 41.0 Å². The highest BCUT2D eigenvalue weighted by atomic mass is 32.1. The van der Waals surface area contributed by atoms with Crippen LogP contribution >= 0.6 is 11.3 Å². The summed E-state index contributed by atoms with van der Waals surface area (Å²) in [5.41, 5.74) is 1.66. The van der Waals surface area contributed by atoms with Gasteiger partial charge in [0.2, 0.25) is 0 Å². The lowest BCUT2D eigenvalue weighted by Crippen LogP contribution is -2.29. The van der Waals surface area contributed by atoms with E-state index in [1.54, 1.807) is 11.3 Å². The number of hydrogen-bond acceptors (Lipinski definition) is 3. The smallest absolute Gasteiger partial charge is 0.270 e. The van der Waals surface area contributed by atoms with Gasteiger partial charge in [0, 0.05) is 18.4 Å². The fourth-order valence-electron chi connectivity index (χ4n) is 2.02. The van der Waals surface area contributed by atoms with E-state index in [0.717, 1.165) is 10.6 Å². The average molecular weight is 248 g/mol. The maximum atomic E-state index is 12.0. The number of carbonyl (C=O) groups excluding carboxylic acids is 1. The molecule has 1 aliphatic heterocycles. The molecule has 4 nitrogen and oxygen atoms in total. The molecule has 0 fully saturated rings. The molecule has 0 spiro atoms. The van der Waals surface area contributed by atoms with Gasteiger partial charge in [0.15, 0.2) is 6.23 Å². The number of amides is 1. The number of aromatic nitrogens is 1. The van der Waals surface area contributed by atoms with Crippen molar-refractivity contribution < 1.29 is 9.53 Å². The molecule has 3 rings (SSSR count). The van der Waals surface area contributed by atoms with Crippen molar-refractivity contribution in [3.63, 3.8) is 0 Å². The van der Waals surface area contributed by atoms with Crippen LogP contribution in [0.2, 0.25) is 0 Å². The number of fused-ring (bicyclic) bond motifs is 3. The maximum absolute atomic E-state index is 12.0. The molecule has 0 aliphatic carbocycles. The topological polar surface area (TPSA) is 43.3 Å². The van der Waals surface area contributed by atoms with E-state index < -0.39 is 0 Å². The van der Waals surface area contributed by atoms with Crippen LogP contribution in [0.1, 0.15) is 29.2 Å². The predicted octanol–water partition coefficient (Wildman–Crippen LogP) is 2.32. The molecule has 1 atom stereocenters. The number of nitrogens with one attached hydrogen (secondary N) is 1. The van der Waals surface area contributed by atoms with Crippen LogP contribution in [0.25, 0.3) is 5.00 Å². The molecule has 0 saturated carbocycles. The minimum atomic E-state index is -0.353. The highest BCUT2D eigenvalue weighted by molar-refractivity contribution is 7.12. The zero-order valence-corrected chi connectivity index (χ0v) is 10.2. The summed E-state index contributed by atoms with van der Waals surface area (Å²) in [6.45, 7) is 2.48. The quantitative estimate of drug-likeness (QED) is 0.886. The van der Waals surface area contributed by atoms with Gasteiger partial charge >= 0.3 is 0 Å². The molecular formula is C12H12N2O2S. The lowest BCUT2D eigenvalue weighted by Gasteiger charge is -2.15. The van der Waals surface area contributed by atoms with Crippen molar-refractivity contribution in [2.75, 3.05) is 6.61 Å². The molecule has 2 aromatic heterocycles. The Morgan fingerprint density at radius 1 is 1.53 bits per heavy atom. The number of nitrogens with zero attached hydrogens (tertiary/aromatic N) is 1. The summed E-state index contributed by atoms with van der Waals surface area (Å²) in [6.07, 6.45) is 1.55. The third-order valence-electron chi connectivity index (χ3n) is 2.75. The summed E-state index contributed by atoms with van der Waals surface area (Å²) in [5, 5.41) is 5.94. The molecule has 1 N–H and O–H groups in total. The number of ether oxygens (including phenoxy) is 1. The Bertz CT molecular complexity index is 558. The van der Waals surface area contributed by atoms with Crippen molar-refractivity contribution in [2.24, 2.45) is 0 Å². The fraction of sp³-hybridized carbons (Fsp3) is 0.250. The Balaban J connectivity index is 2.15. The first-order chi connectivity index (χ1) is 8.31. The minimum Gasteiger partial charge on any atom is -0.354 e. The first-order valence-electron chi connectivity index (χ1n) is 5.49. The van der Waals surface area contributed by atoms with Crippen molar-refractivity contribution in [1.29, 1.82) is 0 Å². The summed E-state index contributed by atoms with van der Waals surface area (Å²) < 4.78 is 7.49. The highest BCUT2D eigenvalue weighted by Gasteiger charge is 2.27. The van der Waals surface area contributed by atoms with E-state index in [-0.39, 0.29) is 12.1 Å². The van der Waals surface area contributed by atoms with Gasteiger partial charge in [-0.2, -0.15) is 0 Å². The zero-order chi connectivity index (χ0) is 11.8. The van der Waals surface area contributed by atoms with E-state index in [2.05, 4.69) is 5.32 Å². The SMILES string of the molecule is CCOC1NC(=O)c2cccn2-c2sccc21. The molecule has 17 heavy (non-hydrogen) atoms. The second-order valence-electron chi connectivity index (χ2n) is 3.75. The summed E-state index contributed by atoms with van der Waals surface area (Å²) in [7, 11) is 0.